The lowest BCUT2D eigenvalue weighted by Gasteiger charge is -2.45. The van der Waals surface area contributed by atoms with Crippen molar-refractivity contribution in [3.63, 3.8) is 0 Å². The third-order valence-corrected chi connectivity index (χ3v) is 12.1. The van der Waals surface area contributed by atoms with E-state index in [9.17, 15) is 27.6 Å². The molecular weight excluding hydrogens is 632 g/mol. The maximum absolute atomic E-state index is 13.8. The van der Waals surface area contributed by atoms with E-state index >= 15 is 0 Å². The quantitative estimate of drug-likeness (QED) is 0.349. The number of nitrogens with one attached hydrogen (secondary N) is 1. The molecule has 256 valence electrons. The van der Waals surface area contributed by atoms with E-state index in [4.69, 9.17) is 4.74 Å². The van der Waals surface area contributed by atoms with E-state index in [0.29, 0.717) is 50.8 Å². The Morgan fingerprint density at radius 2 is 1.73 bits per heavy atom. The van der Waals surface area contributed by atoms with Gasteiger partial charge >= 0.3 is 0 Å². The highest BCUT2D eigenvalue weighted by molar-refractivity contribution is 7.90. The molecule has 2 aromatic carbocycles. The summed E-state index contributed by atoms with van der Waals surface area (Å²) in [6.45, 7) is 0.638. The van der Waals surface area contributed by atoms with Crippen molar-refractivity contribution in [1.29, 1.82) is 0 Å². The number of benzene rings is 2. The summed E-state index contributed by atoms with van der Waals surface area (Å²) >= 11 is 0. The molecule has 0 aromatic heterocycles. The first-order valence-electron chi connectivity index (χ1n) is 16.9. The number of amides is 4. The average molecular weight is 677 g/mol. The summed E-state index contributed by atoms with van der Waals surface area (Å²) in [5, 5.41) is 2.27. The molecule has 0 spiro atoms. The van der Waals surface area contributed by atoms with Gasteiger partial charge in [0.1, 0.15) is 17.8 Å². The van der Waals surface area contributed by atoms with Gasteiger partial charge in [0.05, 0.1) is 18.4 Å². The van der Waals surface area contributed by atoms with Crippen LogP contribution in [0.2, 0.25) is 0 Å². The summed E-state index contributed by atoms with van der Waals surface area (Å²) in [4.78, 5) is 57.3. The van der Waals surface area contributed by atoms with Crippen LogP contribution in [-0.2, 0) is 24.4 Å². The highest BCUT2D eigenvalue weighted by Crippen LogP contribution is 2.37. The van der Waals surface area contributed by atoms with Crippen LogP contribution in [0.5, 0.6) is 5.75 Å². The van der Waals surface area contributed by atoms with Gasteiger partial charge in [-0.3, -0.25) is 19.2 Å². The molecule has 12 heteroatoms. The van der Waals surface area contributed by atoms with E-state index in [0.717, 1.165) is 46.9 Å². The number of carbonyl (C=O) groups excluding carboxylic acids is 4. The van der Waals surface area contributed by atoms with Crippen molar-refractivity contribution in [1.82, 2.24) is 19.4 Å². The molecule has 0 radical (unpaired) electrons. The average Bonchev–Trinajstić information content (AvgIpc) is 3.87. The van der Waals surface area contributed by atoms with Gasteiger partial charge in [-0.2, -0.15) is 0 Å². The minimum atomic E-state index is -3.78. The molecule has 1 N–H and O–H groups in total. The summed E-state index contributed by atoms with van der Waals surface area (Å²) in [7, 11) is -0.450. The van der Waals surface area contributed by atoms with Gasteiger partial charge in [-0.15, -0.1) is 0 Å². The lowest BCUT2D eigenvalue weighted by atomic mass is 9.96. The number of nitrogens with zero attached hydrogens (tertiary/aromatic N) is 3. The van der Waals surface area contributed by atoms with Crippen LogP contribution in [-0.4, -0.2) is 96.8 Å². The Labute approximate surface area is 282 Å². The van der Waals surface area contributed by atoms with Crippen LogP contribution in [0.3, 0.4) is 0 Å². The molecule has 48 heavy (non-hydrogen) atoms. The standard InChI is InChI=1S/C36H44N4O7S/c1-38(35(43)27-13-9-11-25(20-27)26-12-10-14-28(21-26)47-2)22-24-19-31-34(42)37-33-30(40(36(33)44)48(45,46)29-17-18-29)15-7-5-3-4-6-8-16-32(41)39(31)23-24/h7,9-15,20-21,24,29-31,33H,3-6,8,16-19,22-23H2,1-2H3,(H,37,42)/b15-7-/t24-,30-,31-,33?/m0/s1. The molecule has 1 saturated carbocycles. The number of methoxy groups -OCH3 is 1. The fourth-order valence-corrected chi connectivity index (χ4v) is 9.02. The third kappa shape index (κ3) is 6.99. The molecule has 11 nitrogen and oxygen atoms in total. The Balaban J connectivity index is 1.17. The van der Waals surface area contributed by atoms with E-state index in [2.05, 4.69) is 5.32 Å². The predicted octanol–water partition coefficient (Wildman–Crippen LogP) is 3.75. The molecule has 3 fully saturated rings. The number of hydrogen-bond donors (Lipinski definition) is 1. The molecule has 1 aliphatic carbocycles. The van der Waals surface area contributed by atoms with Crippen molar-refractivity contribution in [2.45, 2.75) is 81.2 Å². The molecule has 4 aliphatic rings. The van der Waals surface area contributed by atoms with Crippen LogP contribution in [0.25, 0.3) is 11.1 Å². The van der Waals surface area contributed by atoms with Crippen molar-refractivity contribution >= 4 is 33.7 Å². The Bertz CT molecular complexity index is 1710. The lowest BCUT2D eigenvalue weighted by molar-refractivity contribution is -0.145. The number of ether oxygens (including phenoxy) is 1. The second-order valence-electron chi connectivity index (χ2n) is 13.4. The molecule has 4 atom stereocenters. The Morgan fingerprint density at radius 1 is 1.00 bits per heavy atom. The molecule has 1 unspecified atom stereocenters. The first-order valence-corrected chi connectivity index (χ1v) is 18.4. The van der Waals surface area contributed by atoms with Crippen LogP contribution < -0.4 is 10.1 Å². The number of hydrogen-bond acceptors (Lipinski definition) is 7. The maximum atomic E-state index is 13.8. The van der Waals surface area contributed by atoms with Crippen molar-refractivity contribution in [2.24, 2.45) is 5.92 Å². The number of β-lactam (4-membered cyclic amide) rings is 1. The highest BCUT2D eigenvalue weighted by Gasteiger charge is 2.57. The first kappa shape index (κ1) is 33.7. The van der Waals surface area contributed by atoms with Crippen LogP contribution in [0.15, 0.2) is 60.7 Å². The second-order valence-corrected chi connectivity index (χ2v) is 15.5. The summed E-state index contributed by atoms with van der Waals surface area (Å²) in [5.41, 5.74) is 2.32. The van der Waals surface area contributed by atoms with Gasteiger partial charge in [-0.05, 0) is 79.8 Å². The monoisotopic (exact) mass is 676 g/mol. The van der Waals surface area contributed by atoms with Gasteiger partial charge in [-0.25, -0.2) is 12.7 Å². The van der Waals surface area contributed by atoms with E-state index in [1.165, 1.54) is 0 Å². The molecule has 0 bridgehead atoms. The Kier molecular flexibility index (Phi) is 9.91. The maximum Gasteiger partial charge on any atom is 0.261 e. The third-order valence-electron chi connectivity index (χ3n) is 9.86. The second kappa shape index (κ2) is 14.1. The zero-order valence-electron chi connectivity index (χ0n) is 27.5. The van der Waals surface area contributed by atoms with Gasteiger partial charge in [0.25, 0.3) is 11.8 Å². The molecule has 2 aromatic rings. The van der Waals surface area contributed by atoms with Crippen LogP contribution in [0.4, 0.5) is 0 Å². The Morgan fingerprint density at radius 3 is 2.48 bits per heavy atom. The minimum Gasteiger partial charge on any atom is -0.497 e. The van der Waals surface area contributed by atoms with Crippen LogP contribution in [0.1, 0.15) is 68.1 Å². The number of allylic oxidation sites excluding steroid dienone is 1. The summed E-state index contributed by atoms with van der Waals surface area (Å²) < 4.78 is 32.4. The zero-order chi connectivity index (χ0) is 34.0. The van der Waals surface area contributed by atoms with E-state index < -0.39 is 45.2 Å². The topological polar surface area (TPSA) is 133 Å². The fourth-order valence-electron chi connectivity index (χ4n) is 7.07. The largest absolute Gasteiger partial charge is 0.497 e. The summed E-state index contributed by atoms with van der Waals surface area (Å²) in [6.07, 6.45) is 9.44. The molecule has 4 amide bonds. The number of fused-ring (bicyclic) bond motifs is 2. The minimum absolute atomic E-state index is 0.125. The normalized spacial score (nSPS) is 25.9. The number of rotatable bonds is 7. The SMILES string of the molecule is COc1cccc(-c2cccc(C(=O)N(C)C[C@@H]3C[C@H]4C(=O)NC5C(=O)N(S(=O)(=O)C6CC6)[C@H]5/C=C\CCCCCCC(=O)N4C3)c2)c1. The lowest BCUT2D eigenvalue weighted by Crippen LogP contribution is -2.72. The van der Waals surface area contributed by atoms with Crippen LogP contribution in [0, 0.1) is 5.92 Å². The van der Waals surface area contributed by atoms with Crippen molar-refractivity contribution < 1.29 is 32.3 Å². The van der Waals surface area contributed by atoms with E-state index in [-0.39, 0.29) is 17.7 Å². The summed E-state index contributed by atoms with van der Waals surface area (Å²) in [5.74, 6) is -0.855. The molecule has 3 heterocycles. The highest BCUT2D eigenvalue weighted by atomic mass is 32.2. The predicted molar refractivity (Wildman–Crippen MR) is 180 cm³/mol. The van der Waals surface area contributed by atoms with E-state index in [1.54, 1.807) is 36.1 Å². The molecular formula is C36H44N4O7S. The van der Waals surface area contributed by atoms with Gasteiger partial charge in [-0.1, -0.05) is 49.3 Å². The molecule has 3 aliphatic heterocycles. The van der Waals surface area contributed by atoms with Gasteiger partial charge in [0, 0.05) is 32.1 Å². The van der Waals surface area contributed by atoms with E-state index in [1.807, 2.05) is 48.5 Å². The first-order chi connectivity index (χ1) is 23.1. The molecule has 2 saturated heterocycles. The van der Waals surface area contributed by atoms with Crippen molar-refractivity contribution in [2.75, 3.05) is 27.2 Å². The number of sulfonamides is 1. The smallest absolute Gasteiger partial charge is 0.261 e. The molecule has 6 rings (SSSR count). The zero-order valence-corrected chi connectivity index (χ0v) is 28.4. The Hall–Kier alpha value is -4.19. The van der Waals surface area contributed by atoms with Gasteiger partial charge in [0.15, 0.2) is 0 Å². The summed E-state index contributed by atoms with van der Waals surface area (Å²) in [6, 6.07) is 12.4. The number of carbonyl (C=O) groups is 4. The van der Waals surface area contributed by atoms with Crippen molar-refractivity contribution in [3.8, 4) is 16.9 Å². The van der Waals surface area contributed by atoms with Gasteiger partial charge < -0.3 is 19.9 Å². The van der Waals surface area contributed by atoms with Gasteiger partial charge in [0.2, 0.25) is 21.8 Å². The van der Waals surface area contributed by atoms with Crippen LogP contribution >= 0.6 is 0 Å². The fraction of sp³-hybridized carbons (Fsp3) is 0.500. The van der Waals surface area contributed by atoms with Crippen molar-refractivity contribution in [3.05, 3.63) is 66.2 Å².